The number of phenols is 1. The number of anilines is 2. The molecule has 0 aromatic heterocycles. The summed E-state index contributed by atoms with van der Waals surface area (Å²) in [5.41, 5.74) is -0.267. The van der Waals surface area contributed by atoms with E-state index in [1.54, 1.807) is 6.92 Å². The zero-order valence-electron chi connectivity index (χ0n) is 12.1. The predicted octanol–water partition coefficient (Wildman–Crippen LogP) is 5.67. The van der Waals surface area contributed by atoms with Crippen molar-refractivity contribution in [3.05, 3.63) is 51.5 Å². The first-order valence-electron chi connectivity index (χ1n) is 6.52. The largest absolute Gasteiger partial charge is 0.504 e. The van der Waals surface area contributed by atoms with Crippen molar-refractivity contribution in [1.82, 2.24) is 0 Å². The number of alkyl halides is 3. The Morgan fingerprint density at radius 3 is 2.25 bits per heavy atom. The third-order valence-electron chi connectivity index (χ3n) is 3.14. The highest BCUT2D eigenvalue weighted by Gasteiger charge is 2.30. The van der Waals surface area contributed by atoms with Gasteiger partial charge < -0.3 is 15.7 Å². The first kappa shape index (κ1) is 18.2. The zero-order chi connectivity index (χ0) is 18.1. The molecule has 0 unspecified atom stereocenters. The molecule has 2 rings (SSSR count). The van der Waals surface area contributed by atoms with Crippen molar-refractivity contribution in [2.45, 2.75) is 13.1 Å². The molecule has 0 saturated heterocycles. The monoisotopic (exact) mass is 378 g/mol. The van der Waals surface area contributed by atoms with Gasteiger partial charge in [0.2, 0.25) is 0 Å². The van der Waals surface area contributed by atoms with Crippen LogP contribution < -0.4 is 10.6 Å². The van der Waals surface area contributed by atoms with Crippen LogP contribution in [-0.2, 0) is 6.18 Å². The summed E-state index contributed by atoms with van der Waals surface area (Å²) in [5, 5.41) is 14.8. The lowest BCUT2D eigenvalue weighted by Gasteiger charge is -2.13. The molecule has 0 atom stereocenters. The van der Waals surface area contributed by atoms with Crippen LogP contribution in [0.5, 0.6) is 5.75 Å². The first-order valence-corrected chi connectivity index (χ1v) is 7.28. The molecular formula is C15H11Cl2F3N2O2. The number of urea groups is 1. The molecule has 0 radical (unpaired) electrons. The summed E-state index contributed by atoms with van der Waals surface area (Å²) in [7, 11) is 0. The highest BCUT2D eigenvalue weighted by atomic mass is 35.5. The summed E-state index contributed by atoms with van der Waals surface area (Å²) in [6.45, 7) is 1.59. The molecule has 24 heavy (non-hydrogen) atoms. The predicted molar refractivity (Wildman–Crippen MR) is 86.9 cm³/mol. The average molecular weight is 379 g/mol. The second-order valence-electron chi connectivity index (χ2n) is 4.85. The Morgan fingerprint density at radius 2 is 1.71 bits per heavy atom. The molecule has 0 bridgehead atoms. The van der Waals surface area contributed by atoms with Crippen LogP contribution in [0, 0.1) is 6.92 Å². The van der Waals surface area contributed by atoms with E-state index >= 15 is 0 Å². The molecule has 2 amide bonds. The minimum atomic E-state index is -4.46. The van der Waals surface area contributed by atoms with Gasteiger partial charge in [-0.3, -0.25) is 0 Å². The van der Waals surface area contributed by atoms with E-state index in [0.29, 0.717) is 5.56 Å². The molecule has 2 aromatic carbocycles. The van der Waals surface area contributed by atoms with Crippen LogP contribution >= 0.6 is 23.2 Å². The number of nitrogens with one attached hydrogen (secondary N) is 2. The number of amides is 2. The van der Waals surface area contributed by atoms with Crippen LogP contribution in [-0.4, -0.2) is 11.1 Å². The number of aromatic hydroxyl groups is 1. The van der Waals surface area contributed by atoms with Gasteiger partial charge in [0.25, 0.3) is 0 Å². The number of phenolic OH excluding ortho intramolecular Hbond substituents is 1. The van der Waals surface area contributed by atoms with Gasteiger partial charge in [-0.15, -0.1) is 0 Å². The number of carbonyl (C=O) groups excluding carboxylic acids is 1. The molecule has 0 aliphatic heterocycles. The van der Waals surface area contributed by atoms with Gasteiger partial charge in [0.05, 0.1) is 16.3 Å². The van der Waals surface area contributed by atoms with Gasteiger partial charge in [0.1, 0.15) is 0 Å². The Hall–Kier alpha value is -2.12. The quantitative estimate of drug-likeness (QED) is 0.589. The lowest BCUT2D eigenvalue weighted by atomic mass is 10.2. The van der Waals surface area contributed by atoms with Crippen LogP contribution in [0.2, 0.25) is 10.0 Å². The molecular weight excluding hydrogens is 368 g/mol. The second kappa shape index (κ2) is 6.78. The van der Waals surface area contributed by atoms with Gasteiger partial charge in [0.15, 0.2) is 5.75 Å². The topological polar surface area (TPSA) is 61.4 Å². The Bertz CT molecular complexity index is 778. The lowest BCUT2D eigenvalue weighted by molar-refractivity contribution is -0.137. The fourth-order valence-electron chi connectivity index (χ4n) is 1.83. The van der Waals surface area contributed by atoms with Crippen LogP contribution in [0.25, 0.3) is 0 Å². The number of halogens is 5. The van der Waals surface area contributed by atoms with E-state index < -0.39 is 17.8 Å². The minimum Gasteiger partial charge on any atom is -0.504 e. The van der Waals surface area contributed by atoms with Crippen LogP contribution in [0.15, 0.2) is 30.3 Å². The van der Waals surface area contributed by atoms with E-state index in [1.165, 1.54) is 6.07 Å². The zero-order valence-corrected chi connectivity index (χ0v) is 13.6. The molecule has 2 aromatic rings. The number of carbonyl (C=O) groups is 1. The number of rotatable bonds is 2. The molecule has 128 valence electrons. The highest BCUT2D eigenvalue weighted by molar-refractivity contribution is 6.37. The van der Waals surface area contributed by atoms with E-state index in [9.17, 15) is 23.1 Å². The average Bonchev–Trinajstić information content (AvgIpc) is 2.50. The molecule has 4 nitrogen and oxygen atoms in total. The van der Waals surface area contributed by atoms with Gasteiger partial charge >= 0.3 is 12.2 Å². The maximum Gasteiger partial charge on any atom is 0.416 e. The summed E-state index contributed by atoms with van der Waals surface area (Å²) in [6, 6.07) is 4.43. The van der Waals surface area contributed by atoms with Gasteiger partial charge in [-0.05, 0) is 42.8 Å². The maximum atomic E-state index is 12.5. The fraction of sp³-hybridized carbons (Fsp3) is 0.133. The van der Waals surface area contributed by atoms with Crippen molar-refractivity contribution in [2.24, 2.45) is 0 Å². The summed E-state index contributed by atoms with van der Waals surface area (Å²) in [6.07, 6.45) is -4.46. The summed E-state index contributed by atoms with van der Waals surface area (Å²) < 4.78 is 37.4. The van der Waals surface area contributed by atoms with E-state index in [1.807, 2.05) is 0 Å². The van der Waals surface area contributed by atoms with Crippen molar-refractivity contribution in [3.8, 4) is 5.75 Å². The van der Waals surface area contributed by atoms with E-state index in [2.05, 4.69) is 10.6 Å². The Kier molecular flexibility index (Phi) is 5.15. The second-order valence-corrected chi connectivity index (χ2v) is 5.63. The lowest BCUT2D eigenvalue weighted by Crippen LogP contribution is -2.19. The normalized spacial score (nSPS) is 11.2. The maximum absolute atomic E-state index is 12.5. The minimum absolute atomic E-state index is 0.00710. The van der Waals surface area contributed by atoms with Gasteiger partial charge in [-0.1, -0.05) is 23.2 Å². The van der Waals surface area contributed by atoms with Crippen molar-refractivity contribution in [2.75, 3.05) is 10.6 Å². The summed E-state index contributed by atoms with van der Waals surface area (Å²) >= 11 is 11.8. The SMILES string of the molecule is Cc1c(Cl)cc(NC(=O)Nc2ccc(C(F)(F)F)cc2)c(O)c1Cl. The van der Waals surface area contributed by atoms with Gasteiger partial charge in [-0.2, -0.15) is 13.2 Å². The molecule has 0 aliphatic carbocycles. The molecule has 0 saturated carbocycles. The Balaban J connectivity index is 2.12. The Labute approximate surface area is 145 Å². The third-order valence-corrected chi connectivity index (χ3v) is 3.99. The smallest absolute Gasteiger partial charge is 0.416 e. The molecule has 0 heterocycles. The standard InChI is InChI=1S/C15H11Cl2F3N2O2/c1-7-10(16)6-11(13(23)12(7)17)22-14(24)21-9-4-2-8(3-5-9)15(18,19)20/h2-6,23H,1H3,(H2,21,22,24). The molecule has 9 heteroatoms. The van der Waals surface area contributed by atoms with E-state index in [-0.39, 0.29) is 27.2 Å². The van der Waals surface area contributed by atoms with Gasteiger partial charge in [0, 0.05) is 10.7 Å². The number of hydrogen-bond acceptors (Lipinski definition) is 2. The Morgan fingerprint density at radius 1 is 1.12 bits per heavy atom. The first-order chi connectivity index (χ1) is 11.1. The summed E-state index contributed by atoms with van der Waals surface area (Å²) in [4.78, 5) is 11.9. The molecule has 0 fully saturated rings. The van der Waals surface area contributed by atoms with Gasteiger partial charge in [-0.25, -0.2) is 4.79 Å². The van der Waals surface area contributed by atoms with Crippen LogP contribution in [0.4, 0.5) is 29.3 Å². The molecule has 3 N–H and O–H groups in total. The molecule has 0 spiro atoms. The van der Waals surface area contributed by atoms with E-state index in [0.717, 1.165) is 24.3 Å². The number of hydrogen-bond donors (Lipinski definition) is 3. The van der Waals surface area contributed by atoms with Crippen molar-refractivity contribution in [3.63, 3.8) is 0 Å². The summed E-state index contributed by atoms with van der Waals surface area (Å²) in [5.74, 6) is -0.360. The fourth-order valence-corrected chi connectivity index (χ4v) is 2.28. The third kappa shape index (κ3) is 4.04. The van der Waals surface area contributed by atoms with Crippen LogP contribution in [0.3, 0.4) is 0 Å². The number of benzene rings is 2. The van der Waals surface area contributed by atoms with Crippen LogP contribution in [0.1, 0.15) is 11.1 Å². The van der Waals surface area contributed by atoms with Crippen molar-refractivity contribution < 1.29 is 23.1 Å². The highest BCUT2D eigenvalue weighted by Crippen LogP contribution is 2.38. The van der Waals surface area contributed by atoms with E-state index in [4.69, 9.17) is 23.2 Å². The van der Waals surface area contributed by atoms with Crippen molar-refractivity contribution >= 4 is 40.6 Å². The van der Waals surface area contributed by atoms with Crippen molar-refractivity contribution in [1.29, 1.82) is 0 Å². The molecule has 0 aliphatic rings.